The molecule has 9 aromatic carbocycles. The first-order valence-electron chi connectivity index (χ1n) is 20.7. The van der Waals surface area contributed by atoms with Gasteiger partial charge in [-0.05, 0) is 123 Å². The summed E-state index contributed by atoms with van der Waals surface area (Å²) in [6, 6.07) is 78.4. The molecule has 0 atom stereocenters. The highest BCUT2D eigenvalue weighted by Crippen LogP contribution is 2.51. The van der Waals surface area contributed by atoms with Crippen LogP contribution in [0.4, 0.5) is 34.1 Å². The molecular formula is C57H42N2O. The van der Waals surface area contributed by atoms with Crippen molar-refractivity contribution in [1.29, 1.82) is 0 Å². The predicted molar refractivity (Wildman–Crippen MR) is 252 cm³/mol. The molecular weight excluding hydrogens is 729 g/mol. The topological polar surface area (TPSA) is 19.6 Å². The van der Waals surface area contributed by atoms with E-state index in [4.69, 9.17) is 4.42 Å². The standard InChI is InChI=1S/C57H42N2O/c1-57(2)52-24-11-9-21-48(52)49-36-35-47(38-53(49)57)58(43-17-5-3-6-18-43)45-31-27-39(28-32-45)41-15-13-16-42(37-41)40-29-33-46(34-30-40)59(44-19-7-4-8-20-44)54-25-14-23-51-50-22-10-12-26-55(50)60-56(51)54/h3-38H,1-2H3. The van der Waals surface area contributed by atoms with Crippen LogP contribution in [0.15, 0.2) is 223 Å². The number of benzene rings is 9. The molecule has 10 aromatic rings. The molecule has 3 heteroatoms. The lowest BCUT2D eigenvalue weighted by Crippen LogP contribution is -2.16. The van der Waals surface area contributed by atoms with Gasteiger partial charge in [-0.1, -0.05) is 153 Å². The zero-order valence-electron chi connectivity index (χ0n) is 33.6. The van der Waals surface area contributed by atoms with E-state index in [1.807, 2.05) is 12.1 Å². The molecule has 286 valence electrons. The van der Waals surface area contributed by atoms with Gasteiger partial charge in [0.1, 0.15) is 5.58 Å². The third-order valence-electron chi connectivity index (χ3n) is 12.3. The normalized spacial score (nSPS) is 12.6. The maximum Gasteiger partial charge on any atom is 0.159 e. The molecule has 60 heavy (non-hydrogen) atoms. The Bertz CT molecular complexity index is 3160. The molecule has 1 heterocycles. The molecule has 0 amide bonds. The summed E-state index contributed by atoms with van der Waals surface area (Å²) >= 11 is 0. The molecule has 1 aliphatic carbocycles. The van der Waals surface area contributed by atoms with Crippen LogP contribution in [-0.4, -0.2) is 0 Å². The van der Waals surface area contributed by atoms with Gasteiger partial charge in [0.15, 0.2) is 5.58 Å². The van der Waals surface area contributed by atoms with E-state index in [-0.39, 0.29) is 5.41 Å². The average Bonchev–Trinajstić information content (AvgIpc) is 3.80. The van der Waals surface area contributed by atoms with E-state index in [1.165, 1.54) is 38.9 Å². The summed E-state index contributed by atoms with van der Waals surface area (Å²) < 4.78 is 6.51. The summed E-state index contributed by atoms with van der Waals surface area (Å²) in [6.45, 7) is 4.69. The third kappa shape index (κ3) is 5.98. The Balaban J connectivity index is 0.912. The van der Waals surface area contributed by atoms with E-state index in [1.54, 1.807) is 0 Å². The van der Waals surface area contributed by atoms with Crippen LogP contribution in [0.3, 0.4) is 0 Å². The molecule has 3 nitrogen and oxygen atoms in total. The number of furan rings is 1. The van der Waals surface area contributed by atoms with Crippen LogP contribution in [0, 0.1) is 0 Å². The summed E-state index contributed by atoms with van der Waals surface area (Å²) in [5.74, 6) is 0. The van der Waals surface area contributed by atoms with Gasteiger partial charge in [0.2, 0.25) is 0 Å². The minimum absolute atomic E-state index is 0.0785. The van der Waals surface area contributed by atoms with Crippen molar-refractivity contribution in [2.24, 2.45) is 0 Å². The predicted octanol–water partition coefficient (Wildman–Crippen LogP) is 16.2. The van der Waals surface area contributed by atoms with Crippen molar-refractivity contribution in [2.75, 3.05) is 9.80 Å². The number of nitrogens with zero attached hydrogens (tertiary/aromatic N) is 2. The van der Waals surface area contributed by atoms with Gasteiger partial charge in [0, 0.05) is 44.6 Å². The van der Waals surface area contributed by atoms with Crippen LogP contribution in [0.5, 0.6) is 0 Å². The lowest BCUT2D eigenvalue weighted by atomic mass is 9.82. The molecule has 0 spiro atoms. The maximum absolute atomic E-state index is 6.51. The highest BCUT2D eigenvalue weighted by Gasteiger charge is 2.35. The van der Waals surface area contributed by atoms with Crippen LogP contribution in [-0.2, 0) is 5.41 Å². The second kappa shape index (κ2) is 14.3. The van der Waals surface area contributed by atoms with Gasteiger partial charge in [-0.25, -0.2) is 0 Å². The Hall–Kier alpha value is -7.62. The van der Waals surface area contributed by atoms with E-state index in [0.717, 1.165) is 61.6 Å². The zero-order chi connectivity index (χ0) is 40.2. The molecule has 1 aliphatic rings. The Labute approximate surface area is 351 Å². The fourth-order valence-corrected chi connectivity index (χ4v) is 9.25. The van der Waals surface area contributed by atoms with Gasteiger partial charge in [0.05, 0.1) is 5.69 Å². The molecule has 0 unspecified atom stereocenters. The first-order valence-corrected chi connectivity index (χ1v) is 20.7. The summed E-state index contributed by atoms with van der Waals surface area (Å²) in [5, 5.41) is 2.23. The largest absolute Gasteiger partial charge is 0.454 e. The van der Waals surface area contributed by atoms with E-state index >= 15 is 0 Å². The lowest BCUT2D eigenvalue weighted by Gasteiger charge is -2.28. The van der Waals surface area contributed by atoms with Gasteiger partial charge >= 0.3 is 0 Å². The van der Waals surface area contributed by atoms with Gasteiger partial charge < -0.3 is 14.2 Å². The van der Waals surface area contributed by atoms with Crippen molar-refractivity contribution < 1.29 is 4.42 Å². The Morgan fingerprint density at radius 2 is 0.867 bits per heavy atom. The highest BCUT2D eigenvalue weighted by molar-refractivity contribution is 6.10. The van der Waals surface area contributed by atoms with Crippen molar-refractivity contribution in [3.8, 4) is 33.4 Å². The smallest absolute Gasteiger partial charge is 0.159 e. The Morgan fingerprint density at radius 1 is 0.350 bits per heavy atom. The molecule has 1 aromatic heterocycles. The second-order valence-corrected chi connectivity index (χ2v) is 16.2. The first-order chi connectivity index (χ1) is 29.5. The molecule has 0 fully saturated rings. The van der Waals surface area contributed by atoms with Crippen LogP contribution >= 0.6 is 0 Å². The molecule has 0 saturated heterocycles. The number of fused-ring (bicyclic) bond motifs is 6. The quantitative estimate of drug-likeness (QED) is 0.153. The Kier molecular flexibility index (Phi) is 8.49. The van der Waals surface area contributed by atoms with Crippen LogP contribution in [0.2, 0.25) is 0 Å². The number of hydrogen-bond acceptors (Lipinski definition) is 3. The van der Waals surface area contributed by atoms with Gasteiger partial charge in [-0.15, -0.1) is 0 Å². The molecule has 11 rings (SSSR count). The van der Waals surface area contributed by atoms with Gasteiger partial charge in [-0.3, -0.25) is 0 Å². The minimum atomic E-state index is -0.0785. The summed E-state index contributed by atoms with van der Waals surface area (Å²) in [7, 11) is 0. The van der Waals surface area contributed by atoms with E-state index < -0.39 is 0 Å². The van der Waals surface area contributed by atoms with Crippen molar-refractivity contribution >= 4 is 56.1 Å². The first kappa shape index (κ1) is 35.5. The van der Waals surface area contributed by atoms with Crippen LogP contribution < -0.4 is 9.80 Å². The zero-order valence-corrected chi connectivity index (χ0v) is 33.6. The fourth-order valence-electron chi connectivity index (χ4n) is 9.25. The van der Waals surface area contributed by atoms with E-state index in [9.17, 15) is 0 Å². The molecule has 0 bridgehead atoms. The van der Waals surface area contributed by atoms with E-state index in [0.29, 0.717) is 0 Å². The highest BCUT2D eigenvalue weighted by atomic mass is 16.3. The molecule has 0 saturated carbocycles. The molecule has 0 N–H and O–H groups in total. The van der Waals surface area contributed by atoms with Gasteiger partial charge in [-0.2, -0.15) is 0 Å². The number of anilines is 6. The maximum atomic E-state index is 6.51. The SMILES string of the molecule is CC1(C)c2ccccc2-c2ccc(N(c3ccccc3)c3ccc(-c4cccc(-c5ccc(N(c6ccccc6)c6cccc7c6oc6ccccc67)cc5)c4)cc3)cc21. The monoisotopic (exact) mass is 770 g/mol. The minimum Gasteiger partial charge on any atom is -0.454 e. The summed E-state index contributed by atoms with van der Waals surface area (Å²) in [4.78, 5) is 4.66. The summed E-state index contributed by atoms with van der Waals surface area (Å²) in [5.41, 5.74) is 18.3. The number of rotatable bonds is 8. The molecule has 0 radical (unpaired) electrons. The van der Waals surface area contributed by atoms with E-state index in [2.05, 4.69) is 230 Å². The Morgan fingerprint density at radius 3 is 1.57 bits per heavy atom. The third-order valence-corrected chi connectivity index (χ3v) is 12.3. The lowest BCUT2D eigenvalue weighted by molar-refractivity contribution is 0.660. The number of para-hydroxylation sites is 4. The van der Waals surface area contributed by atoms with Crippen LogP contribution in [0.25, 0.3) is 55.3 Å². The van der Waals surface area contributed by atoms with Crippen molar-refractivity contribution in [1.82, 2.24) is 0 Å². The second-order valence-electron chi connectivity index (χ2n) is 16.2. The van der Waals surface area contributed by atoms with Crippen molar-refractivity contribution in [3.05, 3.63) is 230 Å². The van der Waals surface area contributed by atoms with Crippen molar-refractivity contribution in [3.63, 3.8) is 0 Å². The fraction of sp³-hybridized carbons (Fsp3) is 0.0526. The average molecular weight is 771 g/mol. The van der Waals surface area contributed by atoms with Crippen molar-refractivity contribution in [2.45, 2.75) is 19.3 Å². The summed E-state index contributed by atoms with van der Waals surface area (Å²) in [6.07, 6.45) is 0. The molecule has 0 aliphatic heterocycles. The number of hydrogen-bond donors (Lipinski definition) is 0. The van der Waals surface area contributed by atoms with Gasteiger partial charge in [0.25, 0.3) is 0 Å². The van der Waals surface area contributed by atoms with Crippen LogP contribution in [0.1, 0.15) is 25.0 Å².